The van der Waals surface area contributed by atoms with E-state index in [1.165, 1.54) is 23.4 Å². The Morgan fingerprint density at radius 3 is 2.82 bits per heavy atom. The van der Waals surface area contributed by atoms with Crippen molar-refractivity contribution in [1.29, 1.82) is 0 Å². The Morgan fingerprint density at radius 1 is 1.32 bits per heavy atom. The standard InChI is InChI=1S/C18H27NO2S/c1-18(2)16(15-5-3-11-21-17(15)18)19-13-6-8-14(9-7-13)22-12-4-10-20/h6-9,15-17,19-20H,3-5,10-12H2,1-2H3. The Bertz CT molecular complexity index is 488. The summed E-state index contributed by atoms with van der Waals surface area (Å²) >= 11 is 1.80. The van der Waals surface area contributed by atoms with Gasteiger partial charge in [-0.3, -0.25) is 0 Å². The first-order valence-electron chi connectivity index (χ1n) is 8.35. The highest BCUT2D eigenvalue weighted by atomic mass is 32.2. The maximum Gasteiger partial charge on any atom is 0.0693 e. The normalized spacial score (nSPS) is 29.5. The predicted octanol–water partition coefficient (Wildman–Crippen LogP) is 3.78. The zero-order valence-corrected chi connectivity index (χ0v) is 14.4. The maximum atomic E-state index is 8.83. The van der Waals surface area contributed by atoms with E-state index < -0.39 is 0 Å². The molecule has 4 heteroatoms. The van der Waals surface area contributed by atoms with Gasteiger partial charge in [-0.1, -0.05) is 13.8 Å². The second-order valence-electron chi connectivity index (χ2n) is 6.99. The number of ether oxygens (including phenoxy) is 1. The minimum absolute atomic E-state index is 0.208. The lowest BCUT2D eigenvalue weighted by atomic mass is 9.55. The lowest BCUT2D eigenvalue weighted by Crippen LogP contribution is -2.67. The van der Waals surface area contributed by atoms with E-state index in [0.717, 1.165) is 18.8 Å². The maximum absolute atomic E-state index is 8.83. The molecule has 2 fully saturated rings. The average molecular weight is 321 g/mol. The van der Waals surface area contributed by atoms with Crippen molar-refractivity contribution in [3.05, 3.63) is 24.3 Å². The summed E-state index contributed by atoms with van der Waals surface area (Å²) in [6, 6.07) is 9.20. The van der Waals surface area contributed by atoms with Crippen molar-refractivity contribution in [1.82, 2.24) is 0 Å². The van der Waals surface area contributed by atoms with E-state index in [1.54, 1.807) is 11.8 Å². The van der Waals surface area contributed by atoms with Crippen LogP contribution in [0.25, 0.3) is 0 Å². The number of hydrogen-bond acceptors (Lipinski definition) is 4. The van der Waals surface area contributed by atoms with Crippen molar-refractivity contribution in [2.45, 2.75) is 50.2 Å². The fourth-order valence-electron chi connectivity index (χ4n) is 3.90. The zero-order chi connectivity index (χ0) is 15.6. The number of anilines is 1. The second kappa shape index (κ2) is 6.81. The predicted molar refractivity (Wildman–Crippen MR) is 92.5 cm³/mol. The summed E-state index contributed by atoms with van der Waals surface area (Å²) in [6.45, 7) is 5.83. The number of thioether (sulfide) groups is 1. The van der Waals surface area contributed by atoms with Crippen LogP contribution in [0.1, 0.15) is 33.1 Å². The van der Waals surface area contributed by atoms with E-state index in [2.05, 4.69) is 43.4 Å². The van der Waals surface area contributed by atoms with E-state index >= 15 is 0 Å². The van der Waals surface area contributed by atoms with Crippen LogP contribution in [0.5, 0.6) is 0 Å². The molecular formula is C18H27NO2S. The van der Waals surface area contributed by atoms with Crippen LogP contribution in [0.4, 0.5) is 5.69 Å². The molecule has 0 spiro atoms. The lowest BCUT2D eigenvalue weighted by molar-refractivity contribution is -0.177. The van der Waals surface area contributed by atoms with Gasteiger partial charge >= 0.3 is 0 Å². The molecule has 0 aromatic heterocycles. The minimum atomic E-state index is 0.208. The quantitative estimate of drug-likeness (QED) is 0.618. The van der Waals surface area contributed by atoms with E-state index in [0.29, 0.717) is 18.1 Å². The Labute approximate surface area is 137 Å². The largest absolute Gasteiger partial charge is 0.396 e. The lowest BCUT2D eigenvalue weighted by Gasteiger charge is -2.60. The number of benzene rings is 1. The first-order valence-corrected chi connectivity index (χ1v) is 9.33. The van der Waals surface area contributed by atoms with Crippen molar-refractivity contribution in [3.63, 3.8) is 0 Å². The molecule has 1 aliphatic carbocycles. The summed E-state index contributed by atoms with van der Waals surface area (Å²) in [6.07, 6.45) is 3.74. The van der Waals surface area contributed by atoms with Gasteiger partial charge in [-0.2, -0.15) is 0 Å². The first-order chi connectivity index (χ1) is 10.6. The Kier molecular flexibility index (Phi) is 5.00. The van der Waals surface area contributed by atoms with Crippen molar-refractivity contribution >= 4 is 17.4 Å². The molecular weight excluding hydrogens is 294 g/mol. The highest BCUT2D eigenvalue weighted by Gasteiger charge is 2.57. The number of hydrogen-bond donors (Lipinski definition) is 2. The molecule has 1 heterocycles. The summed E-state index contributed by atoms with van der Waals surface area (Å²) in [7, 11) is 0. The molecule has 2 N–H and O–H groups in total. The monoisotopic (exact) mass is 321 g/mol. The molecule has 0 bridgehead atoms. The smallest absolute Gasteiger partial charge is 0.0693 e. The third kappa shape index (κ3) is 3.15. The molecule has 3 atom stereocenters. The van der Waals surface area contributed by atoms with Gasteiger partial charge in [0.1, 0.15) is 0 Å². The minimum Gasteiger partial charge on any atom is -0.396 e. The molecule has 122 valence electrons. The van der Waals surface area contributed by atoms with Gasteiger partial charge in [0.15, 0.2) is 0 Å². The van der Waals surface area contributed by atoms with Crippen molar-refractivity contribution < 1.29 is 9.84 Å². The molecule has 3 rings (SSSR count). The van der Waals surface area contributed by atoms with Crippen LogP contribution in [0, 0.1) is 11.3 Å². The average Bonchev–Trinajstić information content (AvgIpc) is 2.54. The molecule has 1 saturated carbocycles. The number of nitrogens with one attached hydrogen (secondary N) is 1. The highest BCUT2D eigenvalue weighted by Crippen LogP contribution is 2.52. The van der Waals surface area contributed by atoms with Crippen LogP contribution < -0.4 is 5.32 Å². The van der Waals surface area contributed by atoms with Gasteiger partial charge in [-0.25, -0.2) is 0 Å². The highest BCUT2D eigenvalue weighted by molar-refractivity contribution is 7.99. The second-order valence-corrected chi connectivity index (χ2v) is 8.16. The molecule has 1 saturated heterocycles. The Balaban J connectivity index is 1.58. The van der Waals surface area contributed by atoms with Crippen LogP contribution in [-0.2, 0) is 4.74 Å². The first kappa shape index (κ1) is 16.2. The van der Waals surface area contributed by atoms with E-state index in [4.69, 9.17) is 9.84 Å². The number of rotatable bonds is 6. The van der Waals surface area contributed by atoms with Gasteiger partial charge in [0.05, 0.1) is 6.10 Å². The van der Waals surface area contributed by atoms with Gasteiger partial charge < -0.3 is 15.2 Å². The van der Waals surface area contributed by atoms with Crippen LogP contribution in [0.2, 0.25) is 0 Å². The SMILES string of the molecule is CC1(C)C(Nc2ccc(SCCCO)cc2)C2CCCOC21. The molecule has 0 amide bonds. The third-order valence-corrected chi connectivity index (χ3v) is 6.18. The summed E-state index contributed by atoms with van der Waals surface area (Å²) < 4.78 is 5.97. The molecule has 1 aromatic carbocycles. The number of aliphatic hydroxyl groups is 1. The summed E-state index contributed by atoms with van der Waals surface area (Å²) in [4.78, 5) is 1.27. The van der Waals surface area contributed by atoms with Gasteiger partial charge in [0.25, 0.3) is 0 Å². The number of aliphatic hydroxyl groups excluding tert-OH is 1. The molecule has 1 aliphatic heterocycles. The molecule has 22 heavy (non-hydrogen) atoms. The van der Waals surface area contributed by atoms with Crippen molar-refractivity contribution in [2.75, 3.05) is 24.3 Å². The van der Waals surface area contributed by atoms with E-state index in [-0.39, 0.29) is 12.0 Å². The third-order valence-electron chi connectivity index (χ3n) is 5.08. The Hall–Kier alpha value is -0.710. The van der Waals surface area contributed by atoms with Gasteiger partial charge in [0, 0.05) is 46.9 Å². The fraction of sp³-hybridized carbons (Fsp3) is 0.667. The topological polar surface area (TPSA) is 41.5 Å². The van der Waals surface area contributed by atoms with Gasteiger partial charge in [0.2, 0.25) is 0 Å². The van der Waals surface area contributed by atoms with E-state index in [9.17, 15) is 0 Å². The van der Waals surface area contributed by atoms with Gasteiger partial charge in [-0.05, 0) is 43.5 Å². The van der Waals surface area contributed by atoms with Gasteiger partial charge in [-0.15, -0.1) is 11.8 Å². The number of fused-ring (bicyclic) bond motifs is 1. The zero-order valence-electron chi connectivity index (χ0n) is 13.5. The van der Waals surface area contributed by atoms with Crippen molar-refractivity contribution in [2.24, 2.45) is 11.3 Å². The molecule has 2 aliphatic rings. The molecule has 3 nitrogen and oxygen atoms in total. The van der Waals surface area contributed by atoms with Crippen LogP contribution >= 0.6 is 11.8 Å². The summed E-state index contributed by atoms with van der Waals surface area (Å²) in [5.74, 6) is 1.63. The van der Waals surface area contributed by atoms with Crippen LogP contribution in [0.3, 0.4) is 0 Å². The van der Waals surface area contributed by atoms with Crippen molar-refractivity contribution in [3.8, 4) is 0 Å². The summed E-state index contributed by atoms with van der Waals surface area (Å²) in [5.41, 5.74) is 1.41. The fourth-order valence-corrected chi connectivity index (χ4v) is 4.73. The van der Waals surface area contributed by atoms with E-state index in [1.807, 2.05) is 0 Å². The summed E-state index contributed by atoms with van der Waals surface area (Å²) in [5, 5.41) is 12.6. The molecule has 1 aromatic rings. The Morgan fingerprint density at radius 2 is 2.09 bits per heavy atom. The van der Waals surface area contributed by atoms with Crippen LogP contribution in [0.15, 0.2) is 29.2 Å². The van der Waals surface area contributed by atoms with Crippen LogP contribution in [-0.4, -0.2) is 36.2 Å². The molecule has 3 unspecified atom stereocenters. The molecule has 0 radical (unpaired) electrons.